The number of hydrogen-bond donors (Lipinski definition) is 0. The highest BCUT2D eigenvalue weighted by atomic mass is 16.5. The Balaban J connectivity index is 0.000000261. The number of rotatable bonds is 1. The summed E-state index contributed by atoms with van der Waals surface area (Å²) < 4.78 is 4.91. The average Bonchev–Trinajstić information content (AvgIpc) is 2.19. The third-order valence-corrected chi connectivity index (χ3v) is 1.23. The lowest BCUT2D eigenvalue weighted by Crippen LogP contribution is -1.78. The monoisotopic (exact) mass is 162 g/mol. The summed E-state index contributed by atoms with van der Waals surface area (Å²) in [7, 11) is 1.66. The van der Waals surface area contributed by atoms with Gasteiger partial charge in [0, 0.05) is 0 Å². The Morgan fingerprint density at radius 2 is 1.50 bits per heavy atom. The third-order valence-electron chi connectivity index (χ3n) is 1.23. The van der Waals surface area contributed by atoms with Crippen molar-refractivity contribution in [3.63, 3.8) is 0 Å². The van der Waals surface area contributed by atoms with Crippen LogP contribution < -0.4 is 4.74 Å². The molecule has 0 unspecified atom stereocenters. The van der Waals surface area contributed by atoms with Crippen LogP contribution in [-0.2, 0) is 0 Å². The van der Waals surface area contributed by atoms with Crippen LogP contribution in [0.25, 0.3) is 0 Å². The standard InChI is InChI=1S/C7H8O.C4H6/c1-8-7-5-3-2-4-6-7;1-3-4-2/h2-6H,1H3;1-2H3. The van der Waals surface area contributed by atoms with Crippen LogP contribution in [0.15, 0.2) is 30.3 Å². The fourth-order valence-electron chi connectivity index (χ4n) is 0.557. The van der Waals surface area contributed by atoms with Gasteiger partial charge in [-0.3, -0.25) is 0 Å². The Morgan fingerprint density at radius 3 is 1.75 bits per heavy atom. The summed E-state index contributed by atoms with van der Waals surface area (Å²) >= 11 is 0. The molecule has 1 aromatic rings. The Kier molecular flexibility index (Phi) is 6.78. The van der Waals surface area contributed by atoms with Crippen molar-refractivity contribution < 1.29 is 4.74 Å². The molecule has 64 valence electrons. The Bertz CT molecular complexity index is 235. The smallest absolute Gasteiger partial charge is 0.118 e. The topological polar surface area (TPSA) is 9.23 Å². The maximum absolute atomic E-state index is 4.91. The molecule has 0 fully saturated rings. The van der Waals surface area contributed by atoms with E-state index in [9.17, 15) is 0 Å². The highest BCUT2D eigenvalue weighted by Crippen LogP contribution is 2.05. The highest BCUT2D eigenvalue weighted by Gasteiger charge is 1.80. The van der Waals surface area contributed by atoms with Gasteiger partial charge in [-0.1, -0.05) is 18.2 Å². The van der Waals surface area contributed by atoms with Crippen LogP contribution >= 0.6 is 0 Å². The molecule has 0 N–H and O–H groups in total. The minimum Gasteiger partial charge on any atom is -0.497 e. The number of ether oxygens (including phenoxy) is 1. The predicted octanol–water partition coefficient (Wildman–Crippen LogP) is 2.72. The summed E-state index contributed by atoms with van der Waals surface area (Å²) in [6, 6.07) is 9.68. The normalized spacial score (nSPS) is 6.92. The van der Waals surface area contributed by atoms with Crippen LogP contribution in [0.4, 0.5) is 0 Å². The number of hydrogen-bond acceptors (Lipinski definition) is 1. The van der Waals surface area contributed by atoms with Crippen molar-refractivity contribution in [2.24, 2.45) is 0 Å². The van der Waals surface area contributed by atoms with Gasteiger partial charge in [-0.2, -0.15) is 0 Å². The molecule has 12 heavy (non-hydrogen) atoms. The van der Waals surface area contributed by atoms with E-state index in [2.05, 4.69) is 11.8 Å². The third kappa shape index (κ3) is 5.37. The number of para-hydroxylation sites is 1. The van der Waals surface area contributed by atoms with E-state index in [1.165, 1.54) is 0 Å². The first-order valence-corrected chi connectivity index (χ1v) is 3.77. The lowest BCUT2D eigenvalue weighted by atomic mass is 10.3. The molecule has 0 atom stereocenters. The van der Waals surface area contributed by atoms with Gasteiger partial charge in [0.15, 0.2) is 0 Å². The van der Waals surface area contributed by atoms with Crippen LogP contribution in [0.5, 0.6) is 5.75 Å². The molecule has 0 spiro atoms. The molecule has 0 amide bonds. The minimum atomic E-state index is 0.910. The largest absolute Gasteiger partial charge is 0.497 e. The molecule has 0 saturated carbocycles. The molecule has 0 bridgehead atoms. The molecular formula is C11H14O. The highest BCUT2D eigenvalue weighted by molar-refractivity contribution is 5.20. The summed E-state index contributed by atoms with van der Waals surface area (Å²) in [5.74, 6) is 6.27. The summed E-state index contributed by atoms with van der Waals surface area (Å²) in [5.41, 5.74) is 0. The fraction of sp³-hybridized carbons (Fsp3) is 0.273. The Hall–Kier alpha value is -1.42. The molecule has 0 radical (unpaired) electrons. The summed E-state index contributed by atoms with van der Waals surface area (Å²) in [5, 5.41) is 0. The molecule has 1 aromatic carbocycles. The van der Waals surface area contributed by atoms with Gasteiger partial charge in [0.1, 0.15) is 5.75 Å². The van der Waals surface area contributed by atoms with Crippen molar-refractivity contribution in [3.05, 3.63) is 30.3 Å². The van der Waals surface area contributed by atoms with Gasteiger partial charge in [0.2, 0.25) is 0 Å². The second-order valence-electron chi connectivity index (χ2n) is 2.02. The van der Waals surface area contributed by atoms with Gasteiger partial charge in [-0.05, 0) is 26.0 Å². The number of benzene rings is 1. The SMILES string of the molecule is CC#CC.COc1ccccc1. The van der Waals surface area contributed by atoms with Crippen molar-refractivity contribution in [2.75, 3.05) is 7.11 Å². The zero-order valence-corrected chi connectivity index (χ0v) is 7.79. The molecular weight excluding hydrogens is 148 g/mol. The van der Waals surface area contributed by atoms with E-state index >= 15 is 0 Å². The quantitative estimate of drug-likeness (QED) is 0.577. The van der Waals surface area contributed by atoms with E-state index in [1.807, 2.05) is 44.2 Å². The zero-order chi connectivity index (χ0) is 9.23. The maximum Gasteiger partial charge on any atom is 0.118 e. The fourth-order valence-corrected chi connectivity index (χ4v) is 0.557. The second-order valence-corrected chi connectivity index (χ2v) is 2.02. The summed E-state index contributed by atoms with van der Waals surface area (Å²) in [6.45, 7) is 3.64. The van der Waals surface area contributed by atoms with Gasteiger partial charge in [-0.25, -0.2) is 0 Å². The molecule has 0 aliphatic heterocycles. The zero-order valence-electron chi connectivity index (χ0n) is 7.79. The number of methoxy groups -OCH3 is 1. The van der Waals surface area contributed by atoms with E-state index < -0.39 is 0 Å². The molecule has 1 nitrogen and oxygen atoms in total. The molecule has 0 aliphatic rings. The van der Waals surface area contributed by atoms with Crippen LogP contribution in [0.1, 0.15) is 13.8 Å². The summed E-state index contributed by atoms with van der Waals surface area (Å²) in [4.78, 5) is 0. The second kappa shape index (κ2) is 7.68. The van der Waals surface area contributed by atoms with E-state index in [4.69, 9.17) is 4.74 Å². The van der Waals surface area contributed by atoms with E-state index in [-0.39, 0.29) is 0 Å². The van der Waals surface area contributed by atoms with Gasteiger partial charge in [0.05, 0.1) is 7.11 Å². The summed E-state index contributed by atoms with van der Waals surface area (Å²) in [6.07, 6.45) is 0. The van der Waals surface area contributed by atoms with Crippen LogP contribution in [0.3, 0.4) is 0 Å². The molecule has 0 heterocycles. The van der Waals surface area contributed by atoms with Crippen molar-refractivity contribution in [2.45, 2.75) is 13.8 Å². The predicted molar refractivity (Wildman–Crippen MR) is 52.1 cm³/mol. The average molecular weight is 162 g/mol. The van der Waals surface area contributed by atoms with Crippen molar-refractivity contribution in [3.8, 4) is 17.6 Å². The van der Waals surface area contributed by atoms with E-state index in [0.717, 1.165) is 5.75 Å². The van der Waals surface area contributed by atoms with E-state index in [0.29, 0.717) is 0 Å². The maximum atomic E-state index is 4.91. The molecule has 1 rings (SSSR count). The van der Waals surface area contributed by atoms with Crippen molar-refractivity contribution in [1.82, 2.24) is 0 Å². The van der Waals surface area contributed by atoms with Crippen LogP contribution in [-0.4, -0.2) is 7.11 Å². The first-order chi connectivity index (χ1) is 5.85. The van der Waals surface area contributed by atoms with Crippen LogP contribution in [0.2, 0.25) is 0 Å². The van der Waals surface area contributed by atoms with Crippen molar-refractivity contribution in [1.29, 1.82) is 0 Å². The Morgan fingerprint density at radius 1 is 1.00 bits per heavy atom. The lowest BCUT2D eigenvalue weighted by Gasteiger charge is -1.93. The molecule has 1 heteroatoms. The molecule has 0 aliphatic carbocycles. The molecule has 0 aromatic heterocycles. The molecule has 0 saturated heterocycles. The van der Waals surface area contributed by atoms with Gasteiger partial charge in [0.25, 0.3) is 0 Å². The van der Waals surface area contributed by atoms with Gasteiger partial charge in [-0.15, -0.1) is 11.8 Å². The first-order valence-electron chi connectivity index (χ1n) is 3.77. The van der Waals surface area contributed by atoms with Crippen molar-refractivity contribution >= 4 is 0 Å². The van der Waals surface area contributed by atoms with Gasteiger partial charge < -0.3 is 4.74 Å². The first kappa shape index (κ1) is 10.6. The lowest BCUT2D eigenvalue weighted by molar-refractivity contribution is 0.415. The minimum absolute atomic E-state index is 0.910. The Labute approximate surface area is 74.4 Å². The van der Waals surface area contributed by atoms with Gasteiger partial charge >= 0.3 is 0 Å². The van der Waals surface area contributed by atoms with Crippen LogP contribution in [0, 0.1) is 11.8 Å². The van der Waals surface area contributed by atoms with E-state index in [1.54, 1.807) is 7.11 Å².